The Morgan fingerprint density at radius 2 is 0.848 bits per heavy atom. The number of benzene rings is 11. The van der Waals surface area contributed by atoms with Crippen molar-refractivity contribution in [3.63, 3.8) is 0 Å². The van der Waals surface area contributed by atoms with Crippen LogP contribution in [0.3, 0.4) is 0 Å². The monoisotopic (exact) mass is 841 g/mol. The van der Waals surface area contributed by atoms with E-state index < -0.39 is 5.41 Å². The van der Waals surface area contributed by atoms with E-state index >= 15 is 0 Å². The SMILES string of the molecule is CC1(C)c2ccccc2-c2ccc(N(c3ccc4ccccc4c3)c3ccccc3-c3cccc4c3-c3ccccc3C43c4ccc5ccccc5c4Oc4c3ccc3ccccc43)cc21. The summed E-state index contributed by atoms with van der Waals surface area (Å²) < 4.78 is 7.27. The first-order valence-electron chi connectivity index (χ1n) is 23.1. The average molecular weight is 842 g/mol. The van der Waals surface area contributed by atoms with Crippen molar-refractivity contribution in [2.24, 2.45) is 0 Å². The molecule has 0 radical (unpaired) electrons. The largest absolute Gasteiger partial charge is 0.455 e. The van der Waals surface area contributed by atoms with Crippen LogP contribution < -0.4 is 9.64 Å². The van der Waals surface area contributed by atoms with Gasteiger partial charge in [0.05, 0.1) is 11.1 Å². The van der Waals surface area contributed by atoms with Gasteiger partial charge in [0.2, 0.25) is 0 Å². The third kappa shape index (κ3) is 4.96. The first-order chi connectivity index (χ1) is 32.5. The maximum absolute atomic E-state index is 7.27. The number of anilines is 3. The summed E-state index contributed by atoms with van der Waals surface area (Å²) in [6, 6.07) is 83.3. The summed E-state index contributed by atoms with van der Waals surface area (Å²) >= 11 is 0. The van der Waals surface area contributed by atoms with Gasteiger partial charge in [0.1, 0.15) is 11.5 Å². The van der Waals surface area contributed by atoms with E-state index in [4.69, 9.17) is 4.74 Å². The lowest BCUT2D eigenvalue weighted by atomic mass is 9.65. The molecule has 0 bridgehead atoms. The zero-order valence-corrected chi connectivity index (χ0v) is 36.7. The fraction of sp³-hybridized carbons (Fsp3) is 0.0625. The van der Waals surface area contributed by atoms with Crippen molar-refractivity contribution in [3.05, 3.63) is 258 Å². The molecule has 0 fully saturated rings. The lowest BCUT2D eigenvalue weighted by Gasteiger charge is -2.40. The minimum absolute atomic E-state index is 0.151. The molecule has 2 aliphatic carbocycles. The highest BCUT2D eigenvalue weighted by Gasteiger charge is 2.52. The van der Waals surface area contributed by atoms with E-state index in [0.29, 0.717) is 0 Å². The van der Waals surface area contributed by atoms with Crippen LogP contribution in [0.4, 0.5) is 17.1 Å². The molecule has 0 N–H and O–H groups in total. The van der Waals surface area contributed by atoms with Gasteiger partial charge in [0, 0.05) is 44.3 Å². The number of hydrogen-bond acceptors (Lipinski definition) is 2. The molecule has 1 heterocycles. The van der Waals surface area contributed by atoms with Crippen molar-refractivity contribution >= 4 is 49.4 Å². The summed E-state index contributed by atoms with van der Waals surface area (Å²) in [7, 11) is 0. The molecule has 0 saturated carbocycles. The molecule has 11 aromatic rings. The average Bonchev–Trinajstić information content (AvgIpc) is 3.79. The minimum atomic E-state index is -0.646. The zero-order chi connectivity index (χ0) is 43.7. The molecule has 310 valence electrons. The quantitative estimate of drug-likeness (QED) is 0.175. The second-order valence-electron chi connectivity index (χ2n) is 18.7. The fourth-order valence-electron chi connectivity index (χ4n) is 12.1. The summed E-state index contributed by atoms with van der Waals surface area (Å²) in [4.78, 5) is 2.49. The molecular weight excluding hydrogens is 799 g/mol. The molecule has 14 rings (SSSR count). The Labute approximate surface area is 384 Å². The van der Waals surface area contributed by atoms with E-state index in [1.54, 1.807) is 0 Å². The molecule has 0 amide bonds. The van der Waals surface area contributed by atoms with Crippen LogP contribution in [0, 0.1) is 0 Å². The van der Waals surface area contributed by atoms with Crippen LogP contribution in [0.15, 0.2) is 224 Å². The molecule has 3 aliphatic rings. The second kappa shape index (κ2) is 13.7. The van der Waals surface area contributed by atoms with Crippen molar-refractivity contribution in [2.75, 3.05) is 4.90 Å². The normalized spacial score (nSPS) is 14.3. The standard InChI is InChI=1S/C64H43NO/c1-63(2)53-26-12-9-22-48(53)49-35-34-45(39-58(49)63)65(44-33-30-40-16-3-4-19-43(40)38-44)59-29-14-11-23-50(59)51-25-15-28-55-60(51)52-24-10-13-27-54(52)64(55)56-36-31-41-17-5-7-20-46(41)61(56)66-62-47-21-8-6-18-42(47)32-37-57(62)64/h3-39H,1-2H3. The van der Waals surface area contributed by atoms with Crippen LogP contribution in [0.25, 0.3) is 65.7 Å². The Bertz CT molecular complexity index is 3770. The molecule has 2 heteroatoms. The molecule has 0 unspecified atom stereocenters. The van der Waals surface area contributed by atoms with E-state index in [1.165, 1.54) is 77.5 Å². The number of rotatable bonds is 4. The number of ether oxygens (including phenoxy) is 1. The first-order valence-corrected chi connectivity index (χ1v) is 23.1. The lowest BCUT2D eigenvalue weighted by molar-refractivity contribution is 0.447. The van der Waals surface area contributed by atoms with Gasteiger partial charge in [-0.1, -0.05) is 208 Å². The van der Waals surface area contributed by atoms with E-state index in [9.17, 15) is 0 Å². The third-order valence-corrected chi connectivity index (χ3v) is 15.1. The van der Waals surface area contributed by atoms with Gasteiger partial charge in [0.15, 0.2) is 0 Å². The molecule has 0 aromatic heterocycles. The number of nitrogens with zero attached hydrogens (tertiary/aromatic N) is 1. The highest BCUT2D eigenvalue weighted by atomic mass is 16.5. The maximum Gasteiger partial charge on any atom is 0.140 e. The van der Waals surface area contributed by atoms with Crippen molar-refractivity contribution < 1.29 is 4.74 Å². The van der Waals surface area contributed by atoms with Gasteiger partial charge in [-0.25, -0.2) is 0 Å². The predicted octanol–water partition coefficient (Wildman–Crippen LogP) is 17.1. The molecule has 2 nitrogen and oxygen atoms in total. The predicted molar refractivity (Wildman–Crippen MR) is 274 cm³/mol. The van der Waals surface area contributed by atoms with Crippen LogP contribution in [0.5, 0.6) is 11.5 Å². The van der Waals surface area contributed by atoms with E-state index in [1.807, 2.05) is 0 Å². The van der Waals surface area contributed by atoms with Crippen molar-refractivity contribution in [2.45, 2.75) is 24.7 Å². The van der Waals surface area contributed by atoms with Crippen LogP contribution in [-0.2, 0) is 10.8 Å². The van der Waals surface area contributed by atoms with Crippen LogP contribution >= 0.6 is 0 Å². The molecule has 0 saturated heterocycles. The lowest BCUT2D eigenvalue weighted by Crippen LogP contribution is -2.32. The first kappa shape index (κ1) is 37.2. The summed E-state index contributed by atoms with van der Waals surface area (Å²) in [5, 5.41) is 6.99. The van der Waals surface area contributed by atoms with Crippen LogP contribution in [0.1, 0.15) is 47.2 Å². The van der Waals surface area contributed by atoms with E-state index in [0.717, 1.165) is 50.1 Å². The Morgan fingerprint density at radius 1 is 0.333 bits per heavy atom. The highest BCUT2D eigenvalue weighted by molar-refractivity contribution is 6.04. The third-order valence-electron chi connectivity index (χ3n) is 15.1. The van der Waals surface area contributed by atoms with Gasteiger partial charge in [0.25, 0.3) is 0 Å². The molecular formula is C64H43NO. The van der Waals surface area contributed by atoms with Gasteiger partial charge in [-0.15, -0.1) is 0 Å². The van der Waals surface area contributed by atoms with Crippen molar-refractivity contribution in [1.82, 2.24) is 0 Å². The van der Waals surface area contributed by atoms with Gasteiger partial charge in [-0.2, -0.15) is 0 Å². The maximum atomic E-state index is 7.27. The summed E-state index contributed by atoms with van der Waals surface area (Å²) in [6.07, 6.45) is 0. The smallest absolute Gasteiger partial charge is 0.140 e. The summed E-state index contributed by atoms with van der Waals surface area (Å²) in [5.41, 5.74) is 17.7. The summed E-state index contributed by atoms with van der Waals surface area (Å²) in [5.74, 6) is 1.85. The highest BCUT2D eigenvalue weighted by Crippen LogP contribution is 2.65. The second-order valence-corrected chi connectivity index (χ2v) is 18.7. The Kier molecular flexibility index (Phi) is 7.70. The Hall–Kier alpha value is -8.20. The molecule has 11 aromatic carbocycles. The van der Waals surface area contributed by atoms with Gasteiger partial charge in [-0.05, 0) is 102 Å². The number of fused-ring (bicyclic) bond motifs is 17. The van der Waals surface area contributed by atoms with Crippen LogP contribution in [0.2, 0.25) is 0 Å². The zero-order valence-electron chi connectivity index (χ0n) is 36.7. The van der Waals surface area contributed by atoms with E-state index in [2.05, 4.69) is 243 Å². The van der Waals surface area contributed by atoms with Gasteiger partial charge < -0.3 is 9.64 Å². The van der Waals surface area contributed by atoms with Crippen molar-refractivity contribution in [1.29, 1.82) is 0 Å². The fourth-order valence-corrected chi connectivity index (χ4v) is 12.1. The number of para-hydroxylation sites is 1. The summed E-state index contributed by atoms with van der Waals surface area (Å²) in [6.45, 7) is 4.74. The Balaban J connectivity index is 1.05. The molecule has 66 heavy (non-hydrogen) atoms. The Morgan fingerprint density at radius 3 is 1.59 bits per heavy atom. The van der Waals surface area contributed by atoms with Gasteiger partial charge in [-0.3, -0.25) is 0 Å². The van der Waals surface area contributed by atoms with Crippen molar-refractivity contribution in [3.8, 4) is 44.9 Å². The van der Waals surface area contributed by atoms with E-state index in [-0.39, 0.29) is 5.41 Å². The van der Waals surface area contributed by atoms with Crippen LogP contribution in [-0.4, -0.2) is 0 Å². The minimum Gasteiger partial charge on any atom is -0.455 e. The number of hydrogen-bond donors (Lipinski definition) is 0. The molecule has 1 aliphatic heterocycles. The molecule has 1 spiro atoms. The van der Waals surface area contributed by atoms with Gasteiger partial charge >= 0.3 is 0 Å². The molecule has 0 atom stereocenters. The topological polar surface area (TPSA) is 12.5 Å².